The van der Waals surface area contributed by atoms with Crippen LogP contribution >= 0.6 is 0 Å². The number of benzene rings is 1. The average Bonchev–Trinajstić information content (AvgIpc) is 2.16. The summed E-state index contributed by atoms with van der Waals surface area (Å²) < 4.78 is 0. The molecule has 70 valence electrons. The van der Waals surface area contributed by atoms with Crippen molar-refractivity contribution in [1.82, 2.24) is 5.43 Å². The minimum absolute atomic E-state index is 0.122. The van der Waals surface area contributed by atoms with Gasteiger partial charge in [0.05, 0.1) is 0 Å². The van der Waals surface area contributed by atoms with Gasteiger partial charge in [-0.3, -0.25) is 10.2 Å². The van der Waals surface area contributed by atoms with Gasteiger partial charge in [0.1, 0.15) is 0 Å². The normalized spacial score (nSPS) is 9.69. The fourth-order valence-electron chi connectivity index (χ4n) is 1.21. The highest BCUT2D eigenvalue weighted by Gasteiger charge is 2.01. The molecule has 0 unspecified atom stereocenters. The van der Waals surface area contributed by atoms with Gasteiger partial charge in [0, 0.05) is 6.42 Å². The van der Waals surface area contributed by atoms with Crippen LogP contribution in [0.3, 0.4) is 0 Å². The summed E-state index contributed by atoms with van der Waals surface area (Å²) in [6.45, 7) is 2.04. The van der Waals surface area contributed by atoms with Gasteiger partial charge in [-0.25, -0.2) is 5.84 Å². The highest BCUT2D eigenvalue weighted by atomic mass is 16.2. The summed E-state index contributed by atoms with van der Waals surface area (Å²) in [4.78, 5) is 10.9. The Morgan fingerprint density at radius 3 is 2.77 bits per heavy atom. The van der Waals surface area contributed by atoms with Crippen molar-refractivity contribution in [2.45, 2.75) is 19.8 Å². The number of rotatable bonds is 3. The van der Waals surface area contributed by atoms with Crippen molar-refractivity contribution < 1.29 is 4.79 Å². The van der Waals surface area contributed by atoms with Crippen molar-refractivity contribution in [2.75, 3.05) is 0 Å². The van der Waals surface area contributed by atoms with Gasteiger partial charge in [-0.1, -0.05) is 24.3 Å². The lowest BCUT2D eigenvalue weighted by Crippen LogP contribution is -2.30. The molecular formula is C10H14N2O. The van der Waals surface area contributed by atoms with Gasteiger partial charge in [0.25, 0.3) is 0 Å². The average molecular weight is 178 g/mol. The van der Waals surface area contributed by atoms with E-state index in [4.69, 9.17) is 5.84 Å². The topological polar surface area (TPSA) is 55.1 Å². The quantitative estimate of drug-likeness (QED) is 0.411. The summed E-state index contributed by atoms with van der Waals surface area (Å²) in [7, 11) is 0. The maximum atomic E-state index is 10.9. The predicted molar refractivity (Wildman–Crippen MR) is 51.8 cm³/mol. The molecule has 1 aromatic carbocycles. The largest absolute Gasteiger partial charge is 0.294 e. The van der Waals surface area contributed by atoms with Crippen LogP contribution in [0.25, 0.3) is 0 Å². The second kappa shape index (κ2) is 4.62. The van der Waals surface area contributed by atoms with Gasteiger partial charge in [0.15, 0.2) is 0 Å². The number of nitrogens with one attached hydrogen (secondary N) is 1. The van der Waals surface area contributed by atoms with E-state index in [-0.39, 0.29) is 5.91 Å². The molecule has 1 aromatic rings. The zero-order valence-electron chi connectivity index (χ0n) is 7.71. The predicted octanol–water partition coefficient (Wildman–Crippen LogP) is 0.918. The molecule has 0 spiro atoms. The first-order chi connectivity index (χ1) is 6.24. The SMILES string of the molecule is Cc1ccccc1CCC(=O)NN. The third-order valence-corrected chi connectivity index (χ3v) is 2.04. The first-order valence-electron chi connectivity index (χ1n) is 4.28. The number of nitrogens with two attached hydrogens (primary N) is 1. The Balaban J connectivity index is 2.54. The van der Waals surface area contributed by atoms with E-state index in [2.05, 4.69) is 5.43 Å². The Morgan fingerprint density at radius 1 is 1.46 bits per heavy atom. The monoisotopic (exact) mass is 178 g/mol. The van der Waals surface area contributed by atoms with Gasteiger partial charge in [-0.05, 0) is 24.5 Å². The fraction of sp³-hybridized carbons (Fsp3) is 0.300. The molecule has 0 atom stereocenters. The molecule has 0 aliphatic rings. The van der Waals surface area contributed by atoms with Crippen LogP contribution in [0.15, 0.2) is 24.3 Å². The summed E-state index contributed by atoms with van der Waals surface area (Å²) in [5, 5.41) is 0. The third kappa shape index (κ3) is 2.87. The van der Waals surface area contributed by atoms with Crippen LogP contribution < -0.4 is 11.3 Å². The number of hydrazine groups is 1. The number of amides is 1. The third-order valence-electron chi connectivity index (χ3n) is 2.04. The standard InChI is InChI=1S/C10H14N2O/c1-8-4-2-3-5-9(8)6-7-10(13)12-11/h2-5H,6-7,11H2,1H3,(H,12,13). The molecule has 0 aliphatic carbocycles. The van der Waals surface area contributed by atoms with Crippen molar-refractivity contribution >= 4 is 5.91 Å². The van der Waals surface area contributed by atoms with E-state index in [0.29, 0.717) is 6.42 Å². The molecule has 0 saturated heterocycles. The molecule has 1 rings (SSSR count). The Morgan fingerprint density at radius 2 is 2.15 bits per heavy atom. The molecule has 3 N–H and O–H groups in total. The number of aryl methyl sites for hydroxylation is 2. The molecule has 3 heteroatoms. The lowest BCUT2D eigenvalue weighted by atomic mass is 10.0. The van der Waals surface area contributed by atoms with Crippen LogP contribution in [-0.2, 0) is 11.2 Å². The second-order valence-corrected chi connectivity index (χ2v) is 2.99. The molecule has 0 bridgehead atoms. The van der Waals surface area contributed by atoms with Crippen molar-refractivity contribution in [1.29, 1.82) is 0 Å². The van der Waals surface area contributed by atoms with E-state index >= 15 is 0 Å². The maximum Gasteiger partial charge on any atom is 0.234 e. The van der Waals surface area contributed by atoms with Gasteiger partial charge >= 0.3 is 0 Å². The Hall–Kier alpha value is -1.35. The van der Waals surface area contributed by atoms with E-state index in [1.807, 2.05) is 31.2 Å². The fourth-order valence-corrected chi connectivity index (χ4v) is 1.21. The van der Waals surface area contributed by atoms with Crippen molar-refractivity contribution in [3.8, 4) is 0 Å². The zero-order chi connectivity index (χ0) is 9.68. The lowest BCUT2D eigenvalue weighted by molar-refractivity contribution is -0.121. The van der Waals surface area contributed by atoms with Gasteiger partial charge in [-0.2, -0.15) is 0 Å². The number of carbonyl (C=O) groups excluding carboxylic acids is 1. The van der Waals surface area contributed by atoms with Crippen LogP contribution in [0.5, 0.6) is 0 Å². The number of hydrogen-bond donors (Lipinski definition) is 2. The first-order valence-corrected chi connectivity index (χ1v) is 4.28. The minimum atomic E-state index is -0.122. The molecule has 0 aliphatic heterocycles. The molecule has 0 fully saturated rings. The van der Waals surface area contributed by atoms with Crippen molar-refractivity contribution in [3.05, 3.63) is 35.4 Å². The summed E-state index contributed by atoms with van der Waals surface area (Å²) in [5.74, 6) is 4.85. The number of hydrogen-bond acceptors (Lipinski definition) is 2. The highest BCUT2D eigenvalue weighted by Crippen LogP contribution is 2.08. The maximum absolute atomic E-state index is 10.9. The molecule has 0 heterocycles. The Labute approximate surface area is 77.9 Å². The van der Waals surface area contributed by atoms with Crippen molar-refractivity contribution in [2.24, 2.45) is 5.84 Å². The van der Waals surface area contributed by atoms with E-state index in [9.17, 15) is 4.79 Å². The smallest absolute Gasteiger partial charge is 0.234 e. The van der Waals surface area contributed by atoms with Gasteiger partial charge < -0.3 is 0 Å². The lowest BCUT2D eigenvalue weighted by Gasteiger charge is -2.03. The van der Waals surface area contributed by atoms with Crippen LogP contribution in [0.1, 0.15) is 17.5 Å². The van der Waals surface area contributed by atoms with E-state index in [1.165, 1.54) is 11.1 Å². The van der Waals surface area contributed by atoms with Gasteiger partial charge in [0.2, 0.25) is 5.91 Å². The molecule has 0 aromatic heterocycles. The second-order valence-electron chi connectivity index (χ2n) is 2.99. The summed E-state index contributed by atoms with van der Waals surface area (Å²) >= 11 is 0. The summed E-state index contributed by atoms with van der Waals surface area (Å²) in [6, 6.07) is 8.03. The molecule has 13 heavy (non-hydrogen) atoms. The molecule has 0 saturated carbocycles. The molecule has 0 radical (unpaired) electrons. The number of carbonyl (C=O) groups is 1. The Bertz CT molecular complexity index is 297. The molecule has 1 amide bonds. The van der Waals surface area contributed by atoms with E-state index < -0.39 is 0 Å². The van der Waals surface area contributed by atoms with E-state index in [1.54, 1.807) is 0 Å². The highest BCUT2D eigenvalue weighted by molar-refractivity contribution is 5.75. The van der Waals surface area contributed by atoms with Crippen LogP contribution in [0.2, 0.25) is 0 Å². The summed E-state index contributed by atoms with van der Waals surface area (Å²) in [6.07, 6.45) is 1.19. The molecule has 3 nitrogen and oxygen atoms in total. The zero-order valence-corrected chi connectivity index (χ0v) is 7.71. The van der Waals surface area contributed by atoms with E-state index in [0.717, 1.165) is 6.42 Å². The van der Waals surface area contributed by atoms with Gasteiger partial charge in [-0.15, -0.1) is 0 Å². The Kier molecular flexibility index (Phi) is 3.46. The van der Waals surface area contributed by atoms with Crippen molar-refractivity contribution in [3.63, 3.8) is 0 Å². The first kappa shape index (κ1) is 9.74. The van der Waals surface area contributed by atoms with Crippen LogP contribution in [0, 0.1) is 6.92 Å². The summed E-state index contributed by atoms with van der Waals surface area (Å²) in [5.41, 5.74) is 4.53. The van der Waals surface area contributed by atoms with Crippen LogP contribution in [0.4, 0.5) is 0 Å². The minimum Gasteiger partial charge on any atom is -0.294 e. The molecular weight excluding hydrogens is 164 g/mol. The van der Waals surface area contributed by atoms with Crippen LogP contribution in [-0.4, -0.2) is 5.91 Å².